The molecule has 2 aromatic heterocycles. The van der Waals surface area contributed by atoms with Gasteiger partial charge in [-0.3, -0.25) is 9.30 Å². The molecule has 32 heavy (non-hydrogen) atoms. The number of fused-ring (bicyclic) bond motifs is 1. The van der Waals surface area contributed by atoms with E-state index in [0.717, 1.165) is 31.2 Å². The number of rotatable bonds is 5. The molecule has 170 valence electrons. The molecule has 1 aliphatic heterocycles. The van der Waals surface area contributed by atoms with Crippen LogP contribution in [0.15, 0.2) is 36.5 Å². The van der Waals surface area contributed by atoms with Crippen LogP contribution in [0.4, 0.5) is 17.6 Å². The van der Waals surface area contributed by atoms with Gasteiger partial charge in [0.15, 0.2) is 5.65 Å². The van der Waals surface area contributed by atoms with Crippen LogP contribution in [0.25, 0.3) is 5.65 Å². The molecule has 0 amide bonds. The van der Waals surface area contributed by atoms with Gasteiger partial charge in [-0.25, -0.2) is 4.39 Å². The van der Waals surface area contributed by atoms with Crippen LogP contribution in [0, 0.1) is 11.7 Å². The highest BCUT2D eigenvalue weighted by Crippen LogP contribution is 2.39. The minimum atomic E-state index is -4.50. The molecule has 1 aromatic carbocycles. The van der Waals surface area contributed by atoms with Gasteiger partial charge in [0.1, 0.15) is 17.2 Å². The summed E-state index contributed by atoms with van der Waals surface area (Å²) in [7, 11) is 0. The summed E-state index contributed by atoms with van der Waals surface area (Å²) in [5, 5.41) is 8.00. The maximum Gasteiger partial charge on any atom is 0.420 e. The summed E-state index contributed by atoms with van der Waals surface area (Å²) in [6, 6.07) is 8.13. The summed E-state index contributed by atoms with van der Waals surface area (Å²) in [6.45, 7) is 3.71. The number of alkyl halides is 3. The predicted octanol–water partition coefficient (Wildman–Crippen LogP) is 5.39. The lowest BCUT2D eigenvalue weighted by molar-refractivity contribution is -0.137. The smallest absolute Gasteiger partial charge is 0.299 e. The molecule has 0 radical (unpaired) electrons. The Balaban J connectivity index is 1.36. The minimum Gasteiger partial charge on any atom is -0.299 e. The molecular weight excluding hydrogens is 420 g/mol. The van der Waals surface area contributed by atoms with Gasteiger partial charge in [-0.05, 0) is 79.4 Å². The van der Waals surface area contributed by atoms with Crippen LogP contribution in [-0.4, -0.2) is 32.6 Å². The highest BCUT2D eigenvalue weighted by molar-refractivity contribution is 5.53. The topological polar surface area (TPSA) is 33.4 Å². The van der Waals surface area contributed by atoms with Crippen molar-refractivity contribution in [3.8, 4) is 0 Å². The van der Waals surface area contributed by atoms with Crippen LogP contribution in [0.1, 0.15) is 55.1 Å². The Hall–Kier alpha value is -2.48. The van der Waals surface area contributed by atoms with Gasteiger partial charge >= 0.3 is 6.18 Å². The van der Waals surface area contributed by atoms with E-state index in [1.807, 2.05) is 12.1 Å². The maximum atomic E-state index is 14.1. The number of benzene rings is 1. The van der Waals surface area contributed by atoms with Crippen molar-refractivity contribution in [3.05, 3.63) is 64.9 Å². The van der Waals surface area contributed by atoms with E-state index in [1.165, 1.54) is 16.5 Å². The summed E-state index contributed by atoms with van der Waals surface area (Å²) in [5.74, 6) is 0.853. The zero-order chi connectivity index (χ0) is 22.5. The van der Waals surface area contributed by atoms with Crippen LogP contribution in [-0.2, 0) is 24.6 Å². The number of aromatic nitrogens is 3. The monoisotopic (exact) mass is 446 g/mol. The van der Waals surface area contributed by atoms with Gasteiger partial charge in [0.05, 0.1) is 0 Å². The molecule has 0 N–H and O–H groups in total. The summed E-state index contributed by atoms with van der Waals surface area (Å²) >= 11 is 0. The average Bonchev–Trinajstić information content (AvgIpc) is 3.48. The summed E-state index contributed by atoms with van der Waals surface area (Å²) in [4.78, 5) is 2.06. The van der Waals surface area contributed by atoms with Gasteiger partial charge in [0.2, 0.25) is 0 Å². The van der Waals surface area contributed by atoms with Crippen molar-refractivity contribution in [3.63, 3.8) is 0 Å². The van der Waals surface area contributed by atoms with Crippen molar-refractivity contribution in [2.45, 2.75) is 57.2 Å². The van der Waals surface area contributed by atoms with Crippen LogP contribution < -0.4 is 0 Å². The number of hydrogen-bond donors (Lipinski definition) is 0. The fraction of sp³-hybridized carbons (Fsp3) is 0.500. The van der Waals surface area contributed by atoms with Crippen molar-refractivity contribution >= 4 is 5.65 Å². The molecule has 2 aliphatic rings. The van der Waals surface area contributed by atoms with Crippen molar-refractivity contribution in [1.82, 2.24) is 19.5 Å². The van der Waals surface area contributed by atoms with E-state index >= 15 is 0 Å². The molecule has 0 spiro atoms. The fourth-order valence-electron chi connectivity index (χ4n) is 4.79. The highest BCUT2D eigenvalue weighted by atomic mass is 19.4. The normalized spacial score (nSPS) is 19.5. The molecule has 3 aromatic rings. The van der Waals surface area contributed by atoms with E-state index in [-0.39, 0.29) is 29.0 Å². The van der Waals surface area contributed by atoms with E-state index in [0.29, 0.717) is 31.3 Å². The van der Waals surface area contributed by atoms with E-state index in [1.54, 1.807) is 12.3 Å². The molecular formula is C24H26F4N4. The Bertz CT molecular complexity index is 1110. The Morgan fingerprint density at radius 3 is 2.34 bits per heavy atom. The zero-order valence-electron chi connectivity index (χ0n) is 18.0. The second-order valence-corrected chi connectivity index (χ2v) is 9.51. The van der Waals surface area contributed by atoms with Gasteiger partial charge in [0, 0.05) is 19.2 Å². The van der Waals surface area contributed by atoms with Crippen molar-refractivity contribution in [2.24, 2.45) is 5.92 Å². The lowest BCUT2D eigenvalue weighted by Gasteiger charge is -2.40. The molecule has 0 unspecified atom stereocenters. The second-order valence-electron chi connectivity index (χ2n) is 9.51. The molecule has 1 aliphatic carbocycles. The standard InChI is InChI=1S/C24H26F4N4/c1-23(18-4-6-19(25)7-5-18)9-12-31(13-10-23)15-17-8-11-32-20(14-16-2-3-16)29-30-22(32)21(17)24(26,27)28/h4-8,11,16H,2-3,9-10,12-15H2,1H3. The van der Waals surface area contributed by atoms with Gasteiger partial charge in [0.25, 0.3) is 0 Å². The number of nitrogens with zero attached hydrogens (tertiary/aromatic N) is 4. The summed E-state index contributed by atoms with van der Waals surface area (Å²) in [6.07, 6.45) is 1.67. The minimum absolute atomic E-state index is 0.0983. The fourth-order valence-corrected chi connectivity index (χ4v) is 4.79. The van der Waals surface area contributed by atoms with Crippen LogP contribution in [0.5, 0.6) is 0 Å². The van der Waals surface area contributed by atoms with Crippen LogP contribution in [0.3, 0.4) is 0 Å². The molecule has 3 heterocycles. The third-order valence-electron chi connectivity index (χ3n) is 7.08. The lowest BCUT2D eigenvalue weighted by Crippen LogP contribution is -2.40. The number of halogens is 4. The number of hydrogen-bond acceptors (Lipinski definition) is 3. The molecule has 0 bridgehead atoms. The van der Waals surface area contributed by atoms with Gasteiger partial charge in [-0.1, -0.05) is 19.1 Å². The van der Waals surface area contributed by atoms with Crippen molar-refractivity contribution in [2.75, 3.05) is 13.1 Å². The molecule has 5 rings (SSSR count). The predicted molar refractivity (Wildman–Crippen MR) is 113 cm³/mol. The van der Waals surface area contributed by atoms with E-state index in [2.05, 4.69) is 22.0 Å². The number of piperidine rings is 1. The lowest BCUT2D eigenvalue weighted by atomic mass is 9.74. The third-order valence-corrected chi connectivity index (χ3v) is 7.08. The van der Waals surface area contributed by atoms with E-state index in [4.69, 9.17) is 0 Å². The molecule has 8 heteroatoms. The third kappa shape index (κ3) is 4.12. The SMILES string of the molecule is CC1(c2ccc(F)cc2)CCN(Cc2ccn3c(CC4CC4)nnc3c2C(F)(F)F)CC1. The van der Waals surface area contributed by atoms with Crippen molar-refractivity contribution < 1.29 is 17.6 Å². The largest absolute Gasteiger partial charge is 0.420 e. The van der Waals surface area contributed by atoms with Crippen LogP contribution in [0.2, 0.25) is 0 Å². The Morgan fingerprint density at radius 2 is 1.72 bits per heavy atom. The summed E-state index contributed by atoms with van der Waals surface area (Å²) < 4.78 is 57.0. The summed E-state index contributed by atoms with van der Waals surface area (Å²) in [5.41, 5.74) is 0.426. The second kappa shape index (κ2) is 7.83. The molecule has 2 fully saturated rings. The maximum absolute atomic E-state index is 14.1. The Morgan fingerprint density at radius 1 is 1.03 bits per heavy atom. The first-order valence-corrected chi connectivity index (χ1v) is 11.1. The van der Waals surface area contributed by atoms with Gasteiger partial charge in [-0.15, -0.1) is 10.2 Å². The van der Waals surface area contributed by atoms with Crippen LogP contribution >= 0.6 is 0 Å². The highest BCUT2D eigenvalue weighted by Gasteiger charge is 2.39. The quantitative estimate of drug-likeness (QED) is 0.493. The first kappa shape index (κ1) is 21.4. The van der Waals surface area contributed by atoms with Crippen molar-refractivity contribution in [1.29, 1.82) is 0 Å². The number of likely N-dealkylation sites (tertiary alicyclic amines) is 1. The van der Waals surface area contributed by atoms with Gasteiger partial charge < -0.3 is 0 Å². The first-order valence-electron chi connectivity index (χ1n) is 11.1. The zero-order valence-corrected chi connectivity index (χ0v) is 18.0. The molecule has 1 saturated heterocycles. The Labute approximate surface area is 184 Å². The van der Waals surface area contributed by atoms with E-state index < -0.39 is 11.7 Å². The average molecular weight is 446 g/mol. The van der Waals surface area contributed by atoms with E-state index in [9.17, 15) is 17.6 Å². The molecule has 4 nitrogen and oxygen atoms in total. The first-order chi connectivity index (χ1) is 15.2. The molecule has 1 saturated carbocycles. The molecule has 0 atom stereocenters. The Kier molecular flexibility index (Phi) is 5.23. The number of pyridine rings is 1. The van der Waals surface area contributed by atoms with Gasteiger partial charge in [-0.2, -0.15) is 13.2 Å².